The zero-order chi connectivity index (χ0) is 18.0. The van der Waals surface area contributed by atoms with E-state index in [-0.39, 0.29) is 18.0 Å². The third-order valence-electron chi connectivity index (χ3n) is 4.70. The number of aliphatic hydroxyl groups is 1. The van der Waals surface area contributed by atoms with Crippen LogP contribution in [-0.4, -0.2) is 48.5 Å². The van der Waals surface area contributed by atoms with Gasteiger partial charge in [-0.15, -0.1) is 0 Å². The molecule has 0 bridgehead atoms. The number of aryl methyl sites for hydroxylation is 1. The maximum atomic E-state index is 12.5. The van der Waals surface area contributed by atoms with Crippen molar-refractivity contribution in [3.8, 4) is 0 Å². The van der Waals surface area contributed by atoms with Crippen molar-refractivity contribution in [1.82, 2.24) is 24.2 Å². The van der Waals surface area contributed by atoms with Crippen LogP contribution < -0.4 is 5.32 Å². The first-order valence-corrected chi connectivity index (χ1v) is 8.71. The highest BCUT2D eigenvalue weighted by molar-refractivity contribution is 5.89. The highest BCUT2D eigenvalue weighted by atomic mass is 16.3. The van der Waals surface area contributed by atoms with Gasteiger partial charge in [0.25, 0.3) is 0 Å². The van der Waals surface area contributed by atoms with Gasteiger partial charge < -0.3 is 19.9 Å². The van der Waals surface area contributed by atoms with Crippen LogP contribution in [0.2, 0.25) is 0 Å². The summed E-state index contributed by atoms with van der Waals surface area (Å²) in [5.41, 5.74) is 0.686. The van der Waals surface area contributed by atoms with Gasteiger partial charge in [-0.2, -0.15) is 5.10 Å². The number of nitrogens with one attached hydrogen (secondary N) is 1. The predicted octanol–water partition coefficient (Wildman–Crippen LogP) is 2.17. The monoisotopic (exact) mass is 346 g/mol. The number of hydrogen-bond donors (Lipinski definition) is 2. The molecule has 0 saturated carbocycles. The van der Waals surface area contributed by atoms with E-state index in [1.807, 2.05) is 37.9 Å². The fourth-order valence-electron chi connectivity index (χ4n) is 3.21. The standard InChI is InChI=1S/C17H26N6O2/c1-12(2)23-11-14(9-19-23)20-17(25)22-7-4-5-13(10-22)15(24)16-18-6-8-21(16)3/h6,8-9,11-13,15,24H,4-5,7,10H2,1-3H3,(H,20,25)/t13-,15+/m0/s1. The molecule has 0 aliphatic carbocycles. The average molecular weight is 346 g/mol. The zero-order valence-electron chi connectivity index (χ0n) is 15.0. The molecule has 1 aliphatic heterocycles. The first-order valence-electron chi connectivity index (χ1n) is 8.71. The fraction of sp³-hybridized carbons (Fsp3) is 0.588. The number of amides is 2. The van der Waals surface area contributed by atoms with E-state index in [4.69, 9.17) is 0 Å². The molecule has 2 aromatic heterocycles. The first kappa shape index (κ1) is 17.5. The molecular weight excluding hydrogens is 320 g/mol. The van der Waals surface area contributed by atoms with Gasteiger partial charge in [-0.25, -0.2) is 9.78 Å². The molecule has 3 heterocycles. The predicted molar refractivity (Wildman–Crippen MR) is 94.1 cm³/mol. The van der Waals surface area contributed by atoms with Crippen LogP contribution in [0.5, 0.6) is 0 Å². The minimum Gasteiger partial charge on any atom is -0.385 e. The lowest BCUT2D eigenvalue weighted by Gasteiger charge is -2.34. The number of nitrogens with zero attached hydrogens (tertiary/aromatic N) is 5. The van der Waals surface area contributed by atoms with Gasteiger partial charge in [-0.3, -0.25) is 4.68 Å². The molecule has 2 N–H and O–H groups in total. The minimum atomic E-state index is -0.667. The largest absolute Gasteiger partial charge is 0.385 e. The Balaban J connectivity index is 1.62. The lowest BCUT2D eigenvalue weighted by molar-refractivity contribution is 0.0552. The van der Waals surface area contributed by atoms with E-state index in [1.165, 1.54) is 0 Å². The van der Waals surface area contributed by atoms with Crippen molar-refractivity contribution >= 4 is 11.7 Å². The van der Waals surface area contributed by atoms with Crippen molar-refractivity contribution in [3.63, 3.8) is 0 Å². The van der Waals surface area contributed by atoms with Crippen molar-refractivity contribution < 1.29 is 9.90 Å². The number of likely N-dealkylation sites (tertiary alicyclic amines) is 1. The molecule has 0 aromatic carbocycles. The highest BCUT2D eigenvalue weighted by Crippen LogP contribution is 2.29. The number of aliphatic hydroxyl groups excluding tert-OH is 1. The lowest BCUT2D eigenvalue weighted by Crippen LogP contribution is -2.44. The Bertz CT molecular complexity index is 722. The summed E-state index contributed by atoms with van der Waals surface area (Å²) in [6.45, 7) is 5.27. The SMILES string of the molecule is CC(C)n1cc(NC(=O)N2CCC[C@H]([C@@H](O)c3nccn3C)C2)cn1. The third-order valence-corrected chi connectivity index (χ3v) is 4.70. The summed E-state index contributed by atoms with van der Waals surface area (Å²) in [4.78, 5) is 18.5. The number of hydrogen-bond acceptors (Lipinski definition) is 4. The Morgan fingerprint density at radius 1 is 1.44 bits per heavy atom. The Labute approximate surface area is 147 Å². The van der Waals surface area contributed by atoms with Crippen LogP contribution in [0.15, 0.2) is 24.8 Å². The molecule has 2 amide bonds. The van der Waals surface area contributed by atoms with Gasteiger partial charge in [0.15, 0.2) is 0 Å². The van der Waals surface area contributed by atoms with Crippen LogP contribution in [0, 0.1) is 5.92 Å². The summed E-state index contributed by atoms with van der Waals surface area (Å²) in [6.07, 6.45) is 8.05. The number of rotatable bonds is 4. The Hall–Kier alpha value is -2.35. The maximum absolute atomic E-state index is 12.5. The van der Waals surface area contributed by atoms with Gasteiger partial charge in [0, 0.05) is 50.7 Å². The molecule has 1 fully saturated rings. The number of anilines is 1. The molecule has 25 heavy (non-hydrogen) atoms. The molecule has 1 saturated heterocycles. The van der Waals surface area contributed by atoms with Crippen LogP contribution in [0.3, 0.4) is 0 Å². The number of aromatic nitrogens is 4. The molecule has 8 heteroatoms. The Kier molecular flexibility index (Phi) is 5.08. The maximum Gasteiger partial charge on any atom is 0.321 e. The number of imidazole rings is 1. The topological polar surface area (TPSA) is 88.2 Å². The second-order valence-electron chi connectivity index (χ2n) is 6.92. The molecule has 0 radical (unpaired) electrons. The fourth-order valence-corrected chi connectivity index (χ4v) is 3.21. The summed E-state index contributed by atoms with van der Waals surface area (Å²) in [6, 6.07) is 0.0954. The van der Waals surface area contributed by atoms with Crippen molar-refractivity contribution in [3.05, 3.63) is 30.6 Å². The van der Waals surface area contributed by atoms with Gasteiger partial charge >= 0.3 is 6.03 Å². The Morgan fingerprint density at radius 3 is 2.88 bits per heavy atom. The van der Waals surface area contributed by atoms with Crippen molar-refractivity contribution in [1.29, 1.82) is 0 Å². The number of carbonyl (C=O) groups is 1. The smallest absolute Gasteiger partial charge is 0.321 e. The molecule has 8 nitrogen and oxygen atoms in total. The van der Waals surface area contributed by atoms with Gasteiger partial charge in [0.2, 0.25) is 0 Å². The summed E-state index contributed by atoms with van der Waals surface area (Å²) >= 11 is 0. The van der Waals surface area contributed by atoms with Crippen molar-refractivity contribution in [2.45, 2.75) is 38.8 Å². The normalized spacial score (nSPS) is 19.2. The summed E-state index contributed by atoms with van der Waals surface area (Å²) in [5, 5.41) is 17.7. The Morgan fingerprint density at radius 2 is 2.24 bits per heavy atom. The van der Waals surface area contributed by atoms with Crippen molar-refractivity contribution in [2.75, 3.05) is 18.4 Å². The van der Waals surface area contributed by atoms with Crippen LogP contribution in [0.25, 0.3) is 0 Å². The summed E-state index contributed by atoms with van der Waals surface area (Å²) in [5.74, 6) is 0.629. The van der Waals surface area contributed by atoms with E-state index in [9.17, 15) is 9.90 Å². The molecule has 1 aliphatic rings. The van der Waals surface area contributed by atoms with Crippen LogP contribution in [0.1, 0.15) is 44.7 Å². The number of carbonyl (C=O) groups excluding carboxylic acids is 1. The summed E-state index contributed by atoms with van der Waals surface area (Å²) < 4.78 is 3.63. The molecular formula is C17H26N6O2. The van der Waals surface area contributed by atoms with Crippen molar-refractivity contribution in [2.24, 2.45) is 13.0 Å². The zero-order valence-corrected chi connectivity index (χ0v) is 15.0. The van der Waals surface area contributed by atoms with Gasteiger partial charge in [0.05, 0.1) is 11.9 Å². The van der Waals surface area contributed by atoms with E-state index in [2.05, 4.69) is 15.4 Å². The second kappa shape index (κ2) is 7.26. The van der Waals surface area contributed by atoms with Gasteiger partial charge in [-0.05, 0) is 26.7 Å². The van der Waals surface area contributed by atoms with Crippen LogP contribution in [-0.2, 0) is 7.05 Å². The van der Waals surface area contributed by atoms with Crippen LogP contribution >= 0.6 is 0 Å². The second-order valence-corrected chi connectivity index (χ2v) is 6.92. The minimum absolute atomic E-state index is 0.0148. The highest BCUT2D eigenvalue weighted by Gasteiger charge is 2.31. The summed E-state index contributed by atoms with van der Waals surface area (Å²) in [7, 11) is 1.87. The molecule has 2 atom stereocenters. The lowest BCUT2D eigenvalue weighted by atomic mass is 9.92. The molecule has 3 rings (SSSR count). The van der Waals surface area contributed by atoms with E-state index in [0.717, 1.165) is 12.8 Å². The molecule has 0 unspecified atom stereocenters. The van der Waals surface area contributed by atoms with Gasteiger partial charge in [-0.1, -0.05) is 0 Å². The third kappa shape index (κ3) is 3.84. The van der Waals surface area contributed by atoms with E-state index < -0.39 is 6.10 Å². The van der Waals surface area contributed by atoms with E-state index in [1.54, 1.807) is 22.0 Å². The van der Waals surface area contributed by atoms with Gasteiger partial charge in [0.1, 0.15) is 11.9 Å². The molecule has 2 aromatic rings. The van der Waals surface area contributed by atoms with E-state index in [0.29, 0.717) is 24.6 Å². The number of urea groups is 1. The number of piperidine rings is 1. The average Bonchev–Trinajstić information content (AvgIpc) is 3.23. The quantitative estimate of drug-likeness (QED) is 0.888. The van der Waals surface area contributed by atoms with E-state index >= 15 is 0 Å². The first-order chi connectivity index (χ1) is 12.0. The van der Waals surface area contributed by atoms with Crippen LogP contribution in [0.4, 0.5) is 10.5 Å². The molecule has 0 spiro atoms. The molecule has 136 valence electrons.